The Hall–Kier alpha value is -5.72. The van der Waals surface area contributed by atoms with Crippen molar-refractivity contribution < 1.29 is 0 Å². The summed E-state index contributed by atoms with van der Waals surface area (Å²) in [7, 11) is 0. The van der Waals surface area contributed by atoms with E-state index in [4.69, 9.17) is 0 Å². The molecule has 0 unspecified atom stereocenters. The van der Waals surface area contributed by atoms with Crippen molar-refractivity contribution in [2.24, 2.45) is 0 Å². The first-order valence-electron chi connectivity index (χ1n) is 16.3. The molecule has 0 aromatic heterocycles. The number of benzene rings is 8. The Kier molecular flexibility index (Phi) is 5.50. The molecule has 0 radical (unpaired) electrons. The van der Waals surface area contributed by atoms with E-state index in [9.17, 15) is 0 Å². The molecule has 0 saturated carbocycles. The predicted octanol–water partition coefficient (Wildman–Crippen LogP) is 13.0. The molecule has 0 aliphatic heterocycles. The third-order valence-electron chi connectivity index (χ3n) is 10.2. The highest BCUT2D eigenvalue weighted by Gasteiger charge is 2.31. The van der Waals surface area contributed by atoms with Crippen molar-refractivity contribution in [3.05, 3.63) is 163 Å². The SMILES string of the molecule is C1=CC(c2ccc3c(-c4ccccc4)c4c(c(-c5ccccc5)c3c2)-c2cccc3c2c-4cc2c4ccccc4ccc32)=CCC1. The van der Waals surface area contributed by atoms with Crippen molar-refractivity contribution in [1.29, 1.82) is 0 Å². The minimum Gasteiger partial charge on any atom is -0.0836 e. The smallest absolute Gasteiger partial charge is 0.000719 e. The van der Waals surface area contributed by atoms with Crippen LogP contribution in [0.5, 0.6) is 0 Å². The second kappa shape index (κ2) is 9.89. The minimum atomic E-state index is 1.09. The summed E-state index contributed by atoms with van der Waals surface area (Å²) in [6, 6.07) is 52.2. The summed E-state index contributed by atoms with van der Waals surface area (Å²) in [5.74, 6) is 0. The molecule has 0 heterocycles. The second-order valence-electron chi connectivity index (χ2n) is 12.7. The maximum Gasteiger partial charge on any atom is -0.000719 e. The number of hydrogen-bond donors (Lipinski definition) is 0. The zero-order valence-corrected chi connectivity index (χ0v) is 25.4. The predicted molar refractivity (Wildman–Crippen MR) is 198 cm³/mol. The Morgan fingerprint density at radius 3 is 1.85 bits per heavy atom. The van der Waals surface area contributed by atoms with Crippen molar-refractivity contribution in [3.63, 3.8) is 0 Å². The van der Waals surface area contributed by atoms with Gasteiger partial charge in [0.15, 0.2) is 0 Å². The van der Waals surface area contributed by atoms with Crippen LogP contribution in [0, 0.1) is 0 Å². The highest BCUT2D eigenvalue weighted by molar-refractivity contribution is 6.32. The molecule has 0 saturated heterocycles. The maximum atomic E-state index is 2.49. The lowest BCUT2D eigenvalue weighted by Gasteiger charge is -2.21. The fourth-order valence-electron chi connectivity index (χ4n) is 8.22. The van der Waals surface area contributed by atoms with Crippen LogP contribution < -0.4 is 0 Å². The second-order valence-corrected chi connectivity index (χ2v) is 12.7. The van der Waals surface area contributed by atoms with Gasteiger partial charge in [0.05, 0.1) is 0 Å². The molecule has 0 amide bonds. The zero-order valence-electron chi connectivity index (χ0n) is 25.4. The van der Waals surface area contributed by atoms with Gasteiger partial charge >= 0.3 is 0 Å². The van der Waals surface area contributed by atoms with Gasteiger partial charge in [0.1, 0.15) is 0 Å². The summed E-state index contributed by atoms with van der Waals surface area (Å²) in [5, 5.41) is 10.5. The maximum absolute atomic E-state index is 2.49. The first kappa shape index (κ1) is 25.6. The lowest BCUT2D eigenvalue weighted by Crippen LogP contribution is -1.95. The number of hydrogen-bond acceptors (Lipinski definition) is 0. The number of rotatable bonds is 3. The van der Waals surface area contributed by atoms with Gasteiger partial charge in [-0.05, 0) is 124 Å². The first-order chi connectivity index (χ1) is 22.8. The summed E-state index contributed by atoms with van der Waals surface area (Å²) < 4.78 is 0. The summed E-state index contributed by atoms with van der Waals surface area (Å²) >= 11 is 0. The molecule has 0 atom stereocenters. The largest absolute Gasteiger partial charge is 0.0836 e. The fraction of sp³-hybridized carbons (Fsp3) is 0.0435. The van der Waals surface area contributed by atoms with Gasteiger partial charge in [0, 0.05) is 0 Å². The lowest BCUT2D eigenvalue weighted by atomic mass is 9.81. The van der Waals surface area contributed by atoms with Crippen LogP contribution in [0.2, 0.25) is 0 Å². The molecule has 0 heteroatoms. The Bertz CT molecular complexity index is 2600. The van der Waals surface area contributed by atoms with Crippen LogP contribution in [-0.4, -0.2) is 0 Å². The van der Waals surface area contributed by atoms with Gasteiger partial charge in [-0.15, -0.1) is 0 Å². The molecule has 2 aliphatic rings. The van der Waals surface area contributed by atoms with Gasteiger partial charge in [-0.1, -0.05) is 146 Å². The third-order valence-corrected chi connectivity index (χ3v) is 10.2. The highest BCUT2D eigenvalue weighted by Crippen LogP contribution is 2.59. The Balaban J connectivity index is 1.44. The molecule has 0 nitrogen and oxygen atoms in total. The Morgan fingerprint density at radius 1 is 0.370 bits per heavy atom. The van der Waals surface area contributed by atoms with Crippen molar-refractivity contribution in [1.82, 2.24) is 0 Å². The molecule has 0 bridgehead atoms. The molecule has 0 fully saturated rings. The first-order valence-corrected chi connectivity index (χ1v) is 16.3. The summed E-state index contributed by atoms with van der Waals surface area (Å²) in [6.07, 6.45) is 9.20. The summed E-state index contributed by atoms with van der Waals surface area (Å²) in [5.41, 5.74) is 13.1. The van der Waals surface area contributed by atoms with Gasteiger partial charge in [0.25, 0.3) is 0 Å². The molecular weight excluding hydrogens is 553 g/mol. The van der Waals surface area contributed by atoms with Crippen molar-refractivity contribution in [2.45, 2.75) is 12.8 Å². The van der Waals surface area contributed by atoms with Crippen molar-refractivity contribution >= 4 is 48.7 Å². The van der Waals surface area contributed by atoms with E-state index >= 15 is 0 Å². The minimum absolute atomic E-state index is 1.09. The summed E-state index contributed by atoms with van der Waals surface area (Å²) in [6.45, 7) is 0. The molecule has 10 rings (SSSR count). The van der Waals surface area contributed by atoms with Crippen LogP contribution >= 0.6 is 0 Å². The van der Waals surface area contributed by atoms with E-state index in [1.165, 1.54) is 98.7 Å². The van der Waals surface area contributed by atoms with Crippen LogP contribution in [0.3, 0.4) is 0 Å². The van der Waals surface area contributed by atoms with E-state index in [0.29, 0.717) is 0 Å². The van der Waals surface area contributed by atoms with Gasteiger partial charge in [-0.2, -0.15) is 0 Å². The molecule has 8 aromatic rings. The van der Waals surface area contributed by atoms with Crippen molar-refractivity contribution in [3.8, 4) is 44.5 Å². The van der Waals surface area contributed by atoms with E-state index in [2.05, 4.69) is 158 Å². The van der Waals surface area contributed by atoms with E-state index in [0.717, 1.165) is 12.8 Å². The molecule has 46 heavy (non-hydrogen) atoms. The van der Waals surface area contributed by atoms with Gasteiger partial charge in [-0.3, -0.25) is 0 Å². The summed E-state index contributed by atoms with van der Waals surface area (Å²) in [4.78, 5) is 0. The fourth-order valence-corrected chi connectivity index (χ4v) is 8.22. The van der Waals surface area contributed by atoms with Crippen LogP contribution in [-0.2, 0) is 0 Å². The number of allylic oxidation sites excluding steroid dienone is 4. The monoisotopic (exact) mass is 582 g/mol. The topological polar surface area (TPSA) is 0 Å². The third kappa shape index (κ3) is 3.62. The molecule has 214 valence electrons. The molecule has 0 N–H and O–H groups in total. The van der Waals surface area contributed by atoms with E-state index < -0.39 is 0 Å². The van der Waals surface area contributed by atoms with Crippen LogP contribution in [0.1, 0.15) is 18.4 Å². The number of fused-ring (bicyclic) bond motifs is 8. The van der Waals surface area contributed by atoms with Crippen LogP contribution in [0.15, 0.2) is 158 Å². The van der Waals surface area contributed by atoms with E-state index in [1.54, 1.807) is 0 Å². The van der Waals surface area contributed by atoms with Crippen molar-refractivity contribution in [2.75, 3.05) is 0 Å². The van der Waals surface area contributed by atoms with Gasteiger partial charge in [-0.25, -0.2) is 0 Å². The average molecular weight is 583 g/mol. The van der Waals surface area contributed by atoms with Gasteiger partial charge < -0.3 is 0 Å². The molecule has 0 spiro atoms. The van der Waals surface area contributed by atoms with Crippen LogP contribution in [0.25, 0.3) is 93.2 Å². The van der Waals surface area contributed by atoms with Gasteiger partial charge in [0.2, 0.25) is 0 Å². The lowest BCUT2D eigenvalue weighted by molar-refractivity contribution is 1.04. The molecule has 8 aromatic carbocycles. The Morgan fingerprint density at radius 2 is 1.07 bits per heavy atom. The molecular formula is C46H30. The van der Waals surface area contributed by atoms with Crippen LogP contribution in [0.4, 0.5) is 0 Å². The van der Waals surface area contributed by atoms with E-state index in [1.807, 2.05) is 0 Å². The zero-order chi connectivity index (χ0) is 30.2. The molecule has 2 aliphatic carbocycles. The Labute approximate surface area is 268 Å². The standard InChI is InChI=1S/C46H30/c1-4-13-29(14-5-1)33-24-26-37-40(27-33)43(32-18-8-3-9-19-32)45-38-22-12-21-36-35-25-23-30-15-10-11-20-34(30)39(35)28-41(44(36)38)46(45)42(37)31-16-6-2-7-17-31/h2-4,6-28H,1,5H2. The average Bonchev–Trinajstić information content (AvgIpc) is 3.45. The van der Waals surface area contributed by atoms with E-state index in [-0.39, 0.29) is 0 Å². The highest BCUT2D eigenvalue weighted by atomic mass is 14.3. The normalized spacial score (nSPS) is 13.5. The quantitative estimate of drug-likeness (QED) is 0.182.